The first-order valence-electron chi connectivity index (χ1n) is 2.24. The van der Waals surface area contributed by atoms with Gasteiger partial charge < -0.3 is 0 Å². The second kappa shape index (κ2) is 2.82. The predicted molar refractivity (Wildman–Crippen MR) is 37.3 cm³/mol. The van der Waals surface area contributed by atoms with Crippen molar-refractivity contribution in [1.82, 2.24) is 0 Å². The highest BCUT2D eigenvalue weighted by atomic mass is 79.9. The maximum Gasteiger partial charge on any atom is 0.0949 e. The van der Waals surface area contributed by atoms with Gasteiger partial charge in [-0.25, -0.2) is 0 Å². The molecule has 0 fully saturated rings. The SMILES string of the molecule is C[Si](C)(CF)CBr. The summed E-state index contributed by atoms with van der Waals surface area (Å²) in [5, 5.41) is 0. The van der Waals surface area contributed by atoms with Crippen molar-refractivity contribution in [2.75, 3.05) is 11.3 Å². The van der Waals surface area contributed by atoms with Crippen molar-refractivity contribution in [2.45, 2.75) is 13.1 Å². The van der Waals surface area contributed by atoms with Gasteiger partial charge in [-0.2, -0.15) is 0 Å². The van der Waals surface area contributed by atoms with Crippen LogP contribution in [-0.4, -0.2) is 19.3 Å². The Morgan fingerprint density at radius 3 is 2.00 bits per heavy atom. The Labute approximate surface area is 53.2 Å². The Balaban J connectivity index is 3.36. The van der Waals surface area contributed by atoms with Gasteiger partial charge in [0.2, 0.25) is 0 Å². The first-order chi connectivity index (χ1) is 3.12. The van der Waals surface area contributed by atoms with Crippen molar-refractivity contribution in [3.05, 3.63) is 0 Å². The van der Waals surface area contributed by atoms with E-state index >= 15 is 0 Å². The molecule has 7 heavy (non-hydrogen) atoms. The Bertz CT molecular complexity index is 49.7. The highest BCUT2D eigenvalue weighted by Gasteiger charge is 2.17. The molecule has 0 aliphatic carbocycles. The number of rotatable bonds is 2. The van der Waals surface area contributed by atoms with E-state index in [-0.39, 0.29) is 6.30 Å². The molecule has 44 valence electrons. The maximum atomic E-state index is 11.8. The minimum absolute atomic E-state index is 0.113. The molecule has 0 spiro atoms. The van der Waals surface area contributed by atoms with Crippen LogP contribution in [0.25, 0.3) is 0 Å². The summed E-state index contributed by atoms with van der Waals surface area (Å²) in [6.45, 7) is 4.03. The van der Waals surface area contributed by atoms with E-state index in [4.69, 9.17) is 0 Å². The van der Waals surface area contributed by atoms with Crippen LogP contribution in [0.3, 0.4) is 0 Å². The molecule has 0 N–H and O–H groups in total. The van der Waals surface area contributed by atoms with Crippen LogP contribution in [0.1, 0.15) is 0 Å². The Morgan fingerprint density at radius 1 is 1.57 bits per heavy atom. The van der Waals surface area contributed by atoms with Crippen LogP contribution in [0.4, 0.5) is 4.39 Å². The van der Waals surface area contributed by atoms with Crippen molar-refractivity contribution >= 4 is 24.0 Å². The van der Waals surface area contributed by atoms with Gasteiger partial charge in [-0.3, -0.25) is 4.39 Å². The average Bonchev–Trinajstić information content (AvgIpc) is 1.68. The molecule has 0 rings (SSSR count). The van der Waals surface area contributed by atoms with Gasteiger partial charge in [-0.15, -0.1) is 0 Å². The zero-order valence-electron chi connectivity index (χ0n) is 4.67. The van der Waals surface area contributed by atoms with Crippen LogP contribution in [0.2, 0.25) is 13.1 Å². The summed E-state index contributed by atoms with van der Waals surface area (Å²) in [6.07, 6.45) is -0.113. The molecule has 0 aliphatic rings. The molecule has 3 heteroatoms. The van der Waals surface area contributed by atoms with Crippen molar-refractivity contribution in [1.29, 1.82) is 0 Å². The molecule has 0 atom stereocenters. The topological polar surface area (TPSA) is 0 Å². The Hall–Kier alpha value is 0.627. The molecule has 0 aromatic heterocycles. The van der Waals surface area contributed by atoms with Crippen molar-refractivity contribution in [3.8, 4) is 0 Å². The van der Waals surface area contributed by atoms with Gasteiger partial charge in [0.15, 0.2) is 0 Å². The molecule has 0 aliphatic heterocycles. The molecule has 0 saturated heterocycles. The highest BCUT2D eigenvalue weighted by molar-refractivity contribution is 9.09. The third-order valence-corrected chi connectivity index (χ3v) is 6.72. The van der Waals surface area contributed by atoms with Gasteiger partial charge in [-0.1, -0.05) is 29.0 Å². The molecule has 0 aromatic carbocycles. The largest absolute Gasteiger partial charge is 0.255 e. The predicted octanol–water partition coefficient (Wildman–Crippen LogP) is 2.14. The van der Waals surface area contributed by atoms with E-state index in [1.54, 1.807) is 0 Å². The molecule has 0 bridgehead atoms. The van der Waals surface area contributed by atoms with Crippen molar-refractivity contribution in [3.63, 3.8) is 0 Å². The van der Waals surface area contributed by atoms with Crippen LogP contribution >= 0.6 is 15.9 Å². The minimum Gasteiger partial charge on any atom is -0.255 e. The summed E-state index contributed by atoms with van der Waals surface area (Å²) in [6, 6.07) is 0. The van der Waals surface area contributed by atoms with Crippen LogP contribution < -0.4 is 0 Å². The second-order valence-electron chi connectivity index (χ2n) is 2.43. The zero-order chi connectivity index (χ0) is 5.91. The third-order valence-electron chi connectivity index (χ3n) is 0.724. The van der Waals surface area contributed by atoms with Gasteiger partial charge >= 0.3 is 0 Å². The second-order valence-corrected chi connectivity index (χ2v) is 8.98. The molecule has 0 aromatic rings. The van der Waals surface area contributed by atoms with E-state index in [9.17, 15) is 4.39 Å². The summed E-state index contributed by atoms with van der Waals surface area (Å²) in [7, 11) is -1.40. The lowest BCUT2D eigenvalue weighted by Gasteiger charge is -2.11. The first kappa shape index (κ1) is 7.63. The molecule has 0 saturated carbocycles. The molecule has 0 nitrogen and oxygen atoms in total. The van der Waals surface area contributed by atoms with Gasteiger partial charge in [0.05, 0.1) is 14.4 Å². The van der Waals surface area contributed by atoms with Crippen molar-refractivity contribution in [2.24, 2.45) is 0 Å². The van der Waals surface area contributed by atoms with Gasteiger partial charge in [0, 0.05) is 4.95 Å². The van der Waals surface area contributed by atoms with E-state index in [0.717, 1.165) is 4.95 Å². The summed E-state index contributed by atoms with van der Waals surface area (Å²) in [5.74, 6) is 0. The summed E-state index contributed by atoms with van der Waals surface area (Å²) in [5.41, 5.74) is 0. The quantitative estimate of drug-likeness (QED) is 0.456. The highest BCUT2D eigenvalue weighted by Crippen LogP contribution is 2.04. The Kier molecular flexibility index (Phi) is 3.07. The van der Waals surface area contributed by atoms with E-state index in [2.05, 4.69) is 15.9 Å². The smallest absolute Gasteiger partial charge is 0.0949 e. The molecule has 0 amide bonds. The number of alkyl halides is 2. The normalized spacial score (nSPS) is 12.0. The van der Waals surface area contributed by atoms with E-state index in [0.29, 0.717) is 0 Å². The summed E-state index contributed by atoms with van der Waals surface area (Å²) >= 11 is 3.25. The van der Waals surface area contributed by atoms with E-state index in [1.165, 1.54) is 0 Å². The molecule has 0 radical (unpaired) electrons. The average molecular weight is 185 g/mol. The fourth-order valence-electron chi connectivity index (χ4n) is 0.0357. The van der Waals surface area contributed by atoms with Gasteiger partial charge in [0.25, 0.3) is 0 Å². The van der Waals surface area contributed by atoms with Crippen LogP contribution in [0.5, 0.6) is 0 Å². The third kappa shape index (κ3) is 3.23. The van der Waals surface area contributed by atoms with Crippen molar-refractivity contribution < 1.29 is 4.39 Å². The number of hydrogen-bond donors (Lipinski definition) is 0. The fraction of sp³-hybridized carbons (Fsp3) is 1.00. The minimum atomic E-state index is -1.40. The lowest BCUT2D eigenvalue weighted by atomic mass is 11.7. The number of halogens is 2. The standard InChI is InChI=1S/C4H10BrFSi/c1-7(2,3-5)4-6/h3-4H2,1-2H3. The van der Waals surface area contributed by atoms with Gasteiger partial charge in [0.1, 0.15) is 0 Å². The van der Waals surface area contributed by atoms with Crippen LogP contribution in [0.15, 0.2) is 0 Å². The molecule has 0 unspecified atom stereocenters. The van der Waals surface area contributed by atoms with E-state index < -0.39 is 8.07 Å². The summed E-state index contributed by atoms with van der Waals surface area (Å²) in [4.78, 5) is 0.872. The fourth-order valence-corrected chi connectivity index (χ4v) is 0.557. The molecule has 0 heterocycles. The lowest BCUT2D eigenvalue weighted by molar-refractivity contribution is 0.583. The van der Waals surface area contributed by atoms with Gasteiger partial charge in [-0.05, 0) is 0 Å². The summed E-state index contributed by atoms with van der Waals surface area (Å²) < 4.78 is 11.8. The number of hydrogen-bond acceptors (Lipinski definition) is 0. The lowest BCUT2D eigenvalue weighted by Crippen LogP contribution is -2.31. The Morgan fingerprint density at radius 2 is 2.00 bits per heavy atom. The monoisotopic (exact) mass is 184 g/mol. The van der Waals surface area contributed by atoms with Crippen LogP contribution in [-0.2, 0) is 0 Å². The first-order valence-corrected chi connectivity index (χ1v) is 6.78. The molecular formula is C4H10BrFSi. The zero-order valence-corrected chi connectivity index (χ0v) is 7.26. The maximum absolute atomic E-state index is 11.8. The molecular weight excluding hydrogens is 175 g/mol. The van der Waals surface area contributed by atoms with E-state index in [1.807, 2.05) is 13.1 Å². The van der Waals surface area contributed by atoms with Crippen LogP contribution in [0, 0.1) is 0 Å².